The fourth-order valence-corrected chi connectivity index (χ4v) is 3.52. The second-order valence-electron chi connectivity index (χ2n) is 8.13. The van der Waals surface area contributed by atoms with Crippen LogP contribution in [0.1, 0.15) is 59.3 Å². The Kier molecular flexibility index (Phi) is 8.10. The first kappa shape index (κ1) is 24.3. The van der Waals surface area contributed by atoms with Crippen molar-refractivity contribution in [3.8, 4) is 6.01 Å². The number of halogens is 1. The molecule has 0 aliphatic carbocycles. The first-order valence-electron chi connectivity index (χ1n) is 10.8. The molecule has 3 heterocycles. The molecule has 4 N–H and O–H groups in total. The molecule has 0 spiro atoms. The Morgan fingerprint density at radius 3 is 2.70 bits per heavy atom. The number of nitrogens with one attached hydrogen (secondary N) is 1. The number of ether oxygens (including phenoxy) is 1. The highest BCUT2D eigenvalue weighted by Crippen LogP contribution is 2.30. The van der Waals surface area contributed by atoms with Crippen molar-refractivity contribution in [3.63, 3.8) is 0 Å². The van der Waals surface area contributed by atoms with Crippen molar-refractivity contribution in [2.24, 2.45) is 0 Å². The number of carbonyl (C=O) groups excluding carboxylic acids is 2. The lowest BCUT2D eigenvalue weighted by molar-refractivity contribution is 0.0915. The number of amides is 1. The van der Waals surface area contributed by atoms with Gasteiger partial charge in [0.15, 0.2) is 6.29 Å². The summed E-state index contributed by atoms with van der Waals surface area (Å²) in [5.74, 6) is 0.157. The zero-order valence-electron chi connectivity index (χ0n) is 18.7. The fraction of sp³-hybridized carbons (Fsp3) is 0.500. The minimum atomic E-state index is -1.22. The number of piperidine rings is 1. The molecular formula is C22H29FN6O4. The van der Waals surface area contributed by atoms with Gasteiger partial charge in [-0.3, -0.25) is 9.59 Å². The van der Waals surface area contributed by atoms with E-state index in [2.05, 4.69) is 20.3 Å². The Bertz CT molecular complexity index is 981. The zero-order chi connectivity index (χ0) is 24.0. The average Bonchev–Trinajstić information content (AvgIpc) is 2.82. The van der Waals surface area contributed by atoms with Crippen molar-refractivity contribution in [2.45, 2.75) is 44.8 Å². The van der Waals surface area contributed by atoms with E-state index in [4.69, 9.17) is 10.5 Å². The van der Waals surface area contributed by atoms with E-state index in [-0.39, 0.29) is 36.5 Å². The normalized spacial score (nSPS) is 16.2. The van der Waals surface area contributed by atoms with Crippen molar-refractivity contribution in [2.75, 3.05) is 36.9 Å². The maximum atomic E-state index is 13.3. The van der Waals surface area contributed by atoms with Gasteiger partial charge in [-0.2, -0.15) is 9.97 Å². The highest BCUT2D eigenvalue weighted by Gasteiger charge is 2.25. The lowest BCUT2D eigenvalue weighted by Crippen LogP contribution is -2.37. The topological polar surface area (TPSA) is 144 Å². The van der Waals surface area contributed by atoms with Gasteiger partial charge in [0.25, 0.3) is 5.91 Å². The van der Waals surface area contributed by atoms with Crippen molar-refractivity contribution < 1.29 is 23.8 Å². The second-order valence-corrected chi connectivity index (χ2v) is 8.13. The van der Waals surface area contributed by atoms with Gasteiger partial charge in [-0.1, -0.05) is 0 Å². The van der Waals surface area contributed by atoms with Gasteiger partial charge in [-0.25, -0.2) is 9.37 Å². The SMILES string of the molecule is CC(F)COc1nc(C(=O)N[C@H](C)CO)cc(N2CCC(c3ccc(N)c(C=O)n3)CC2)n1. The number of hydrogen-bond acceptors (Lipinski definition) is 9. The van der Waals surface area contributed by atoms with E-state index in [9.17, 15) is 19.1 Å². The summed E-state index contributed by atoms with van der Waals surface area (Å²) in [6, 6.07) is 4.54. The van der Waals surface area contributed by atoms with Crippen LogP contribution in [0.5, 0.6) is 6.01 Å². The van der Waals surface area contributed by atoms with Gasteiger partial charge in [-0.15, -0.1) is 0 Å². The van der Waals surface area contributed by atoms with E-state index in [0.29, 0.717) is 30.9 Å². The van der Waals surface area contributed by atoms with Crippen molar-refractivity contribution in [1.82, 2.24) is 20.3 Å². The molecule has 2 aromatic heterocycles. The van der Waals surface area contributed by atoms with Crippen LogP contribution in [0.2, 0.25) is 0 Å². The number of nitrogen functional groups attached to an aromatic ring is 1. The van der Waals surface area contributed by atoms with Crippen molar-refractivity contribution in [1.29, 1.82) is 0 Å². The molecule has 2 atom stereocenters. The summed E-state index contributed by atoms with van der Waals surface area (Å²) in [4.78, 5) is 38.5. The first-order chi connectivity index (χ1) is 15.8. The number of rotatable bonds is 9. The van der Waals surface area contributed by atoms with Crippen LogP contribution in [0.4, 0.5) is 15.9 Å². The number of nitrogens with two attached hydrogens (primary N) is 1. The molecule has 10 nitrogen and oxygen atoms in total. The number of anilines is 2. The van der Waals surface area contributed by atoms with Gasteiger partial charge in [0.05, 0.1) is 12.3 Å². The van der Waals surface area contributed by atoms with Crippen LogP contribution in [-0.2, 0) is 0 Å². The van der Waals surface area contributed by atoms with Crippen LogP contribution in [0.25, 0.3) is 0 Å². The average molecular weight is 461 g/mol. The zero-order valence-corrected chi connectivity index (χ0v) is 18.7. The fourth-order valence-electron chi connectivity index (χ4n) is 3.52. The van der Waals surface area contributed by atoms with E-state index < -0.39 is 18.1 Å². The van der Waals surface area contributed by atoms with Gasteiger partial charge in [0.2, 0.25) is 0 Å². The molecule has 2 aromatic rings. The second kappa shape index (κ2) is 11.0. The number of carbonyl (C=O) groups is 2. The lowest BCUT2D eigenvalue weighted by Gasteiger charge is -2.32. The third-order valence-corrected chi connectivity index (χ3v) is 5.35. The molecule has 178 valence electrons. The summed E-state index contributed by atoms with van der Waals surface area (Å²) in [5.41, 5.74) is 7.24. The van der Waals surface area contributed by atoms with Crippen molar-refractivity contribution in [3.05, 3.63) is 35.3 Å². The predicted octanol–water partition coefficient (Wildman–Crippen LogP) is 1.50. The van der Waals surface area contributed by atoms with E-state index >= 15 is 0 Å². The number of aromatic nitrogens is 3. The minimum Gasteiger partial charge on any atom is -0.460 e. The van der Waals surface area contributed by atoms with E-state index in [0.717, 1.165) is 18.5 Å². The summed E-state index contributed by atoms with van der Waals surface area (Å²) in [6.07, 6.45) is 0.933. The highest BCUT2D eigenvalue weighted by molar-refractivity contribution is 5.93. The summed E-state index contributed by atoms with van der Waals surface area (Å²) in [7, 11) is 0. The Labute approximate surface area is 191 Å². The largest absolute Gasteiger partial charge is 0.460 e. The number of nitrogens with zero attached hydrogens (tertiary/aromatic N) is 4. The Hall–Kier alpha value is -3.34. The van der Waals surface area contributed by atoms with E-state index in [1.54, 1.807) is 19.1 Å². The van der Waals surface area contributed by atoms with Crippen LogP contribution in [0.3, 0.4) is 0 Å². The molecule has 0 radical (unpaired) electrons. The quantitative estimate of drug-likeness (QED) is 0.474. The Balaban J connectivity index is 1.77. The van der Waals surface area contributed by atoms with Gasteiger partial charge in [-0.05, 0) is 38.8 Å². The van der Waals surface area contributed by atoms with Crippen molar-refractivity contribution >= 4 is 23.7 Å². The number of hydrogen-bond donors (Lipinski definition) is 3. The molecule has 0 saturated carbocycles. The number of aliphatic hydroxyl groups excluding tert-OH is 1. The van der Waals surface area contributed by atoms with E-state index in [1.165, 1.54) is 6.92 Å². The Morgan fingerprint density at radius 1 is 1.33 bits per heavy atom. The molecule has 0 aromatic carbocycles. The number of pyridine rings is 1. The standard InChI is InChI=1S/C22H29FN6O4/c1-13(23)12-33-22-27-18(21(32)25-14(2)10-30)9-20(28-22)29-7-5-15(6-8-29)17-4-3-16(24)19(11-31)26-17/h3-4,9,11,13-15,30H,5-8,10,12,24H2,1-2H3,(H,25,32)/t13?,14-/m1/s1. The monoisotopic (exact) mass is 460 g/mol. The van der Waals surface area contributed by atoms with Crippen LogP contribution in [0, 0.1) is 0 Å². The maximum absolute atomic E-state index is 13.3. The molecule has 3 rings (SSSR count). The molecule has 1 fully saturated rings. The molecule has 1 unspecified atom stereocenters. The first-order valence-corrected chi connectivity index (χ1v) is 10.8. The van der Waals surface area contributed by atoms with Gasteiger partial charge in [0, 0.05) is 36.8 Å². The van der Waals surface area contributed by atoms with Crippen LogP contribution < -0.4 is 20.7 Å². The number of aliphatic hydroxyl groups is 1. The summed E-state index contributed by atoms with van der Waals surface area (Å²) >= 11 is 0. The smallest absolute Gasteiger partial charge is 0.319 e. The van der Waals surface area contributed by atoms with Crippen LogP contribution in [-0.4, -0.2) is 70.8 Å². The third kappa shape index (κ3) is 6.35. The number of alkyl halides is 1. The summed E-state index contributed by atoms with van der Waals surface area (Å²) < 4.78 is 18.6. The Morgan fingerprint density at radius 2 is 2.06 bits per heavy atom. The molecule has 1 aliphatic rings. The molecule has 1 saturated heterocycles. The number of aldehydes is 1. The molecule has 1 aliphatic heterocycles. The predicted molar refractivity (Wildman–Crippen MR) is 120 cm³/mol. The minimum absolute atomic E-state index is 0.0692. The lowest BCUT2D eigenvalue weighted by atomic mass is 9.92. The molecular weight excluding hydrogens is 431 g/mol. The maximum Gasteiger partial charge on any atom is 0.319 e. The molecule has 1 amide bonds. The van der Waals surface area contributed by atoms with Gasteiger partial charge >= 0.3 is 6.01 Å². The molecule has 33 heavy (non-hydrogen) atoms. The highest BCUT2D eigenvalue weighted by atomic mass is 19.1. The van der Waals surface area contributed by atoms with Gasteiger partial charge < -0.3 is 25.8 Å². The van der Waals surface area contributed by atoms with Crippen LogP contribution in [0.15, 0.2) is 18.2 Å². The van der Waals surface area contributed by atoms with Crippen LogP contribution >= 0.6 is 0 Å². The molecule has 0 bridgehead atoms. The van der Waals surface area contributed by atoms with E-state index in [1.807, 2.05) is 11.0 Å². The van der Waals surface area contributed by atoms with Gasteiger partial charge in [0.1, 0.15) is 30.0 Å². The molecule has 11 heteroatoms. The third-order valence-electron chi connectivity index (χ3n) is 5.35. The summed E-state index contributed by atoms with van der Waals surface area (Å²) in [5, 5.41) is 11.8. The summed E-state index contributed by atoms with van der Waals surface area (Å²) in [6.45, 7) is 3.81.